The van der Waals surface area contributed by atoms with Crippen LogP contribution >= 0.6 is 11.3 Å². The van der Waals surface area contributed by atoms with Crippen molar-refractivity contribution in [1.29, 1.82) is 0 Å². The highest BCUT2D eigenvalue weighted by atomic mass is 32.1. The predicted molar refractivity (Wildman–Crippen MR) is 86.1 cm³/mol. The number of carbonyl (C=O) groups is 2. The number of nitrogens with one attached hydrogen (secondary N) is 1. The number of thiophene rings is 1. The van der Waals surface area contributed by atoms with Crippen LogP contribution in [0.2, 0.25) is 0 Å². The number of hydrogen-bond acceptors (Lipinski definition) is 4. The number of carbonyl (C=O) groups excluding carboxylic acids is 2. The SMILES string of the molecule is C[C@H]1CCc2sc(C(=O)OCC(=O)N[C@H](C)C3CC3)cc2C1. The maximum atomic E-state index is 12.1. The monoisotopic (exact) mass is 321 g/mol. The van der Waals surface area contributed by atoms with Crippen molar-refractivity contribution in [1.82, 2.24) is 5.32 Å². The molecule has 0 spiro atoms. The summed E-state index contributed by atoms with van der Waals surface area (Å²) in [6.45, 7) is 4.06. The van der Waals surface area contributed by atoms with Gasteiger partial charge < -0.3 is 10.1 Å². The fourth-order valence-electron chi connectivity index (χ4n) is 3.02. The molecule has 2 atom stereocenters. The van der Waals surface area contributed by atoms with Crippen LogP contribution in [-0.4, -0.2) is 24.5 Å². The van der Waals surface area contributed by atoms with Gasteiger partial charge >= 0.3 is 5.97 Å². The fraction of sp³-hybridized carbons (Fsp3) is 0.647. The average molecular weight is 321 g/mol. The summed E-state index contributed by atoms with van der Waals surface area (Å²) in [4.78, 5) is 25.8. The summed E-state index contributed by atoms with van der Waals surface area (Å²) >= 11 is 1.52. The Morgan fingerprint density at radius 2 is 2.18 bits per heavy atom. The smallest absolute Gasteiger partial charge is 0.348 e. The Hall–Kier alpha value is -1.36. The number of rotatable bonds is 5. The third-order valence-corrected chi connectivity index (χ3v) is 5.80. The summed E-state index contributed by atoms with van der Waals surface area (Å²) in [7, 11) is 0. The Kier molecular flexibility index (Phi) is 4.52. The van der Waals surface area contributed by atoms with Crippen LogP contribution < -0.4 is 5.32 Å². The molecule has 1 heterocycles. The van der Waals surface area contributed by atoms with E-state index in [1.54, 1.807) is 0 Å². The highest BCUT2D eigenvalue weighted by Gasteiger charge is 2.29. The molecule has 0 saturated heterocycles. The van der Waals surface area contributed by atoms with Gasteiger partial charge in [0, 0.05) is 10.9 Å². The maximum Gasteiger partial charge on any atom is 0.348 e. The number of aryl methyl sites for hydroxylation is 1. The molecule has 1 aromatic heterocycles. The molecule has 0 bridgehead atoms. The van der Waals surface area contributed by atoms with Crippen molar-refractivity contribution in [3.8, 4) is 0 Å². The van der Waals surface area contributed by atoms with Crippen molar-refractivity contribution in [2.45, 2.75) is 52.0 Å². The van der Waals surface area contributed by atoms with Gasteiger partial charge in [-0.3, -0.25) is 4.79 Å². The molecule has 2 aliphatic carbocycles. The summed E-state index contributed by atoms with van der Waals surface area (Å²) in [5.41, 5.74) is 1.28. The van der Waals surface area contributed by atoms with E-state index in [0.717, 1.165) is 12.8 Å². The highest BCUT2D eigenvalue weighted by molar-refractivity contribution is 7.14. The number of ether oxygens (including phenoxy) is 1. The molecule has 2 aliphatic rings. The third-order valence-electron chi connectivity index (χ3n) is 4.58. The molecule has 0 aliphatic heterocycles. The molecule has 1 amide bonds. The molecular weight excluding hydrogens is 298 g/mol. The Labute approximate surface area is 135 Å². The van der Waals surface area contributed by atoms with E-state index in [1.165, 1.54) is 41.0 Å². The Bertz CT molecular complexity index is 576. The second kappa shape index (κ2) is 6.41. The molecular formula is C17H23NO3S. The van der Waals surface area contributed by atoms with Crippen LogP contribution in [0, 0.1) is 11.8 Å². The lowest BCUT2D eigenvalue weighted by molar-refractivity contribution is -0.124. The van der Waals surface area contributed by atoms with Crippen LogP contribution in [-0.2, 0) is 22.4 Å². The molecule has 1 saturated carbocycles. The summed E-state index contributed by atoms with van der Waals surface area (Å²) in [5.74, 6) is 0.704. The molecule has 120 valence electrons. The van der Waals surface area contributed by atoms with Gasteiger partial charge in [0.05, 0.1) is 0 Å². The number of amides is 1. The lowest BCUT2D eigenvalue weighted by Gasteiger charge is -2.16. The largest absolute Gasteiger partial charge is 0.451 e. The Morgan fingerprint density at radius 1 is 1.41 bits per heavy atom. The van der Waals surface area contributed by atoms with E-state index in [2.05, 4.69) is 12.2 Å². The van der Waals surface area contributed by atoms with Crippen LogP contribution in [0.15, 0.2) is 6.07 Å². The van der Waals surface area contributed by atoms with Crippen LogP contribution in [0.25, 0.3) is 0 Å². The van der Waals surface area contributed by atoms with Crippen molar-refractivity contribution < 1.29 is 14.3 Å². The van der Waals surface area contributed by atoms with Gasteiger partial charge in [0.1, 0.15) is 4.88 Å². The zero-order chi connectivity index (χ0) is 15.7. The number of esters is 1. The quantitative estimate of drug-likeness (QED) is 0.848. The van der Waals surface area contributed by atoms with Crippen LogP contribution in [0.3, 0.4) is 0 Å². The topological polar surface area (TPSA) is 55.4 Å². The minimum Gasteiger partial charge on any atom is -0.451 e. The van der Waals surface area contributed by atoms with Crippen molar-refractivity contribution in [3.05, 3.63) is 21.4 Å². The van der Waals surface area contributed by atoms with Crippen LogP contribution in [0.1, 0.15) is 53.2 Å². The normalized spacial score (nSPS) is 21.8. The number of hydrogen-bond donors (Lipinski definition) is 1. The lowest BCUT2D eigenvalue weighted by Crippen LogP contribution is -2.37. The van der Waals surface area contributed by atoms with E-state index in [9.17, 15) is 9.59 Å². The van der Waals surface area contributed by atoms with Crippen molar-refractivity contribution in [2.24, 2.45) is 11.8 Å². The molecule has 1 aromatic rings. The maximum absolute atomic E-state index is 12.1. The Balaban J connectivity index is 1.50. The summed E-state index contributed by atoms with van der Waals surface area (Å²) in [6, 6.07) is 2.13. The zero-order valence-corrected chi connectivity index (χ0v) is 14.0. The van der Waals surface area contributed by atoms with Crippen molar-refractivity contribution in [3.63, 3.8) is 0 Å². The van der Waals surface area contributed by atoms with E-state index in [0.29, 0.717) is 16.7 Å². The second-order valence-corrected chi connectivity index (χ2v) is 7.81. The molecule has 1 fully saturated rings. The highest BCUT2D eigenvalue weighted by Crippen LogP contribution is 2.33. The molecule has 0 unspecified atom stereocenters. The van der Waals surface area contributed by atoms with Crippen molar-refractivity contribution in [2.75, 3.05) is 6.61 Å². The molecule has 22 heavy (non-hydrogen) atoms. The van der Waals surface area contributed by atoms with Gasteiger partial charge in [0.25, 0.3) is 5.91 Å². The van der Waals surface area contributed by atoms with Gasteiger partial charge in [-0.25, -0.2) is 4.79 Å². The average Bonchev–Trinajstić information content (AvgIpc) is 3.24. The fourth-order valence-corrected chi connectivity index (χ4v) is 4.12. The predicted octanol–water partition coefficient (Wildman–Crippen LogP) is 2.94. The second-order valence-electron chi connectivity index (χ2n) is 6.68. The van der Waals surface area contributed by atoms with Crippen LogP contribution in [0.4, 0.5) is 0 Å². The first-order valence-electron chi connectivity index (χ1n) is 8.11. The number of fused-ring (bicyclic) bond motifs is 1. The summed E-state index contributed by atoms with van der Waals surface area (Å²) in [5, 5.41) is 2.89. The molecule has 0 radical (unpaired) electrons. The van der Waals surface area contributed by atoms with Crippen LogP contribution in [0.5, 0.6) is 0 Å². The van der Waals surface area contributed by atoms with Gasteiger partial charge in [0.15, 0.2) is 6.61 Å². The lowest BCUT2D eigenvalue weighted by atomic mass is 9.90. The molecule has 3 rings (SSSR count). The van der Waals surface area contributed by atoms with E-state index in [-0.39, 0.29) is 24.5 Å². The Morgan fingerprint density at radius 3 is 2.91 bits per heavy atom. The summed E-state index contributed by atoms with van der Waals surface area (Å²) < 4.78 is 5.15. The van der Waals surface area contributed by atoms with E-state index in [1.807, 2.05) is 13.0 Å². The minimum atomic E-state index is -0.374. The first-order chi connectivity index (χ1) is 10.5. The molecule has 4 nitrogen and oxygen atoms in total. The van der Waals surface area contributed by atoms with E-state index >= 15 is 0 Å². The van der Waals surface area contributed by atoms with Gasteiger partial charge in [-0.1, -0.05) is 6.92 Å². The molecule has 0 aromatic carbocycles. The zero-order valence-electron chi connectivity index (χ0n) is 13.2. The first-order valence-corrected chi connectivity index (χ1v) is 8.92. The van der Waals surface area contributed by atoms with Gasteiger partial charge in [0.2, 0.25) is 0 Å². The summed E-state index contributed by atoms with van der Waals surface area (Å²) in [6.07, 6.45) is 5.64. The molecule has 1 N–H and O–H groups in total. The van der Waals surface area contributed by atoms with Crippen molar-refractivity contribution >= 4 is 23.2 Å². The standard InChI is InChI=1S/C17H23NO3S/c1-10-3-6-14-13(7-10)8-15(22-14)17(20)21-9-16(19)18-11(2)12-4-5-12/h8,10-12H,3-7,9H2,1-2H3,(H,18,19)/t10-,11+/m0/s1. The first kappa shape index (κ1) is 15.5. The van der Waals surface area contributed by atoms with Gasteiger partial charge in [-0.15, -0.1) is 11.3 Å². The third kappa shape index (κ3) is 3.69. The molecule has 5 heteroatoms. The van der Waals surface area contributed by atoms with E-state index in [4.69, 9.17) is 4.74 Å². The van der Waals surface area contributed by atoms with Gasteiger partial charge in [-0.05, 0) is 62.5 Å². The van der Waals surface area contributed by atoms with Gasteiger partial charge in [-0.2, -0.15) is 0 Å². The van der Waals surface area contributed by atoms with E-state index < -0.39 is 0 Å². The minimum absolute atomic E-state index is 0.182.